The quantitative estimate of drug-likeness (QED) is 0.441. The lowest BCUT2D eigenvalue weighted by Gasteiger charge is -2.32. The molecule has 6 heteroatoms. The molecule has 1 fully saturated rings. The predicted octanol–water partition coefficient (Wildman–Crippen LogP) is 4.11. The number of rotatable bonds is 1. The van der Waals surface area contributed by atoms with Crippen molar-refractivity contribution in [1.29, 1.82) is 0 Å². The third-order valence-electron chi connectivity index (χ3n) is 7.57. The van der Waals surface area contributed by atoms with Crippen molar-refractivity contribution in [2.24, 2.45) is 0 Å². The summed E-state index contributed by atoms with van der Waals surface area (Å²) >= 11 is 0. The Labute approximate surface area is 183 Å². The number of pyridine rings is 1. The monoisotopic (exact) mass is 418 g/mol. The number of hydrogen-bond donors (Lipinski definition) is 0. The lowest BCUT2D eigenvalue weighted by Crippen LogP contribution is -2.46. The summed E-state index contributed by atoms with van der Waals surface area (Å²) < 4.78 is 14.5. The predicted molar refractivity (Wildman–Crippen MR) is 125 cm³/mol. The fourth-order valence-electron chi connectivity index (χ4n) is 5.73. The van der Waals surface area contributed by atoms with E-state index in [4.69, 9.17) is 9.31 Å². The van der Waals surface area contributed by atoms with E-state index in [9.17, 15) is 4.79 Å². The van der Waals surface area contributed by atoms with Crippen LogP contribution in [0.15, 0.2) is 35.3 Å². The topological polar surface area (TPSA) is 52.8 Å². The highest BCUT2D eigenvalue weighted by Crippen LogP contribution is 2.52. The van der Waals surface area contributed by atoms with Crippen LogP contribution >= 0.6 is 0 Å². The van der Waals surface area contributed by atoms with E-state index >= 15 is 0 Å². The van der Waals surface area contributed by atoms with Crippen LogP contribution in [0.1, 0.15) is 73.1 Å². The molecule has 3 heterocycles. The van der Waals surface area contributed by atoms with E-state index in [-0.39, 0.29) is 16.4 Å². The smallest absolute Gasteiger partial charge is 0.399 e. The van der Waals surface area contributed by atoms with Crippen LogP contribution in [0.4, 0.5) is 0 Å². The van der Waals surface area contributed by atoms with Crippen molar-refractivity contribution in [3.05, 3.63) is 52.1 Å². The van der Waals surface area contributed by atoms with Gasteiger partial charge in [0.15, 0.2) is 0 Å². The van der Waals surface area contributed by atoms with Gasteiger partial charge in [0.05, 0.1) is 16.7 Å². The second kappa shape index (κ2) is 5.99. The number of fused-ring (bicyclic) bond motifs is 6. The molecule has 31 heavy (non-hydrogen) atoms. The molecular weight excluding hydrogens is 387 g/mol. The van der Waals surface area contributed by atoms with Gasteiger partial charge in [0.2, 0.25) is 0 Å². The zero-order chi connectivity index (χ0) is 22.6. The molecule has 1 saturated heterocycles. The molecule has 0 radical (unpaired) electrons. The number of aromatic nitrogens is 2. The summed E-state index contributed by atoms with van der Waals surface area (Å²) in [5.41, 5.74) is 2.33. The summed E-state index contributed by atoms with van der Waals surface area (Å²) in [6, 6.07) is 8.30. The lowest BCUT2D eigenvalue weighted by atomic mass is 9.80. The molecular formula is C25H31BN2O3. The van der Waals surface area contributed by atoms with E-state index in [0.29, 0.717) is 11.1 Å². The summed E-state index contributed by atoms with van der Waals surface area (Å²) in [6.07, 6.45) is 2.94. The zero-order valence-electron chi connectivity index (χ0n) is 19.8. The van der Waals surface area contributed by atoms with Gasteiger partial charge in [0.25, 0.3) is 5.56 Å². The van der Waals surface area contributed by atoms with Crippen molar-refractivity contribution >= 4 is 29.0 Å². The highest BCUT2D eigenvalue weighted by atomic mass is 16.7. The Morgan fingerprint density at radius 3 is 2.10 bits per heavy atom. The first-order valence-electron chi connectivity index (χ1n) is 11.1. The molecule has 0 amide bonds. The number of nitrogens with zero attached hydrogens (tertiary/aromatic N) is 2. The van der Waals surface area contributed by atoms with Crippen molar-refractivity contribution in [1.82, 2.24) is 9.38 Å². The lowest BCUT2D eigenvalue weighted by molar-refractivity contribution is 0.00578. The van der Waals surface area contributed by atoms with Gasteiger partial charge in [0, 0.05) is 22.7 Å². The molecule has 0 bridgehead atoms. The van der Waals surface area contributed by atoms with E-state index in [1.165, 1.54) is 16.6 Å². The zero-order valence-corrected chi connectivity index (χ0v) is 19.8. The molecule has 1 aliphatic carbocycles. The van der Waals surface area contributed by atoms with Crippen molar-refractivity contribution < 1.29 is 9.31 Å². The van der Waals surface area contributed by atoms with Crippen molar-refractivity contribution in [3.63, 3.8) is 0 Å². The minimum atomic E-state index is -0.735. The highest BCUT2D eigenvalue weighted by Gasteiger charge is 2.53. The van der Waals surface area contributed by atoms with Gasteiger partial charge in [-0.3, -0.25) is 4.79 Å². The third kappa shape index (κ3) is 2.77. The van der Waals surface area contributed by atoms with Crippen LogP contribution in [0.3, 0.4) is 0 Å². The number of benzene rings is 1. The Morgan fingerprint density at radius 1 is 0.903 bits per heavy atom. The van der Waals surface area contributed by atoms with Gasteiger partial charge in [-0.1, -0.05) is 52.0 Å². The summed E-state index contributed by atoms with van der Waals surface area (Å²) in [5, 5.41) is 2.19. The average molecular weight is 418 g/mol. The largest absolute Gasteiger partial charge is 0.502 e. The van der Waals surface area contributed by atoms with E-state index < -0.39 is 18.3 Å². The molecule has 2 aliphatic rings. The molecule has 0 N–H and O–H groups in total. The van der Waals surface area contributed by atoms with Gasteiger partial charge < -0.3 is 13.7 Å². The Kier molecular flexibility index (Phi) is 4.00. The van der Waals surface area contributed by atoms with Crippen molar-refractivity contribution in [3.8, 4) is 0 Å². The second-order valence-electron chi connectivity index (χ2n) is 11.5. The molecule has 1 aromatic carbocycles. The first-order valence-corrected chi connectivity index (χ1v) is 11.1. The fraction of sp³-hybridized carbons (Fsp3) is 0.520. The standard InChI is InChI=1S/C25H31BN2O3/c1-22(2)14-23(3,4)19-18(22)15-11-9-10-12-16(15)20-27-21(29)17(13-28(19)20)26-30-24(5,6)25(7,8)31-26/h9-13H,14H2,1-8H3. The van der Waals surface area contributed by atoms with Gasteiger partial charge in [0.1, 0.15) is 5.65 Å². The summed E-state index contributed by atoms with van der Waals surface area (Å²) in [5.74, 6) is 0. The summed E-state index contributed by atoms with van der Waals surface area (Å²) in [6.45, 7) is 17.2. The molecule has 1 aliphatic heterocycles. The van der Waals surface area contributed by atoms with Crippen LogP contribution in [-0.2, 0) is 20.1 Å². The maximum absolute atomic E-state index is 13.2. The molecule has 0 unspecified atom stereocenters. The molecule has 5 nitrogen and oxygen atoms in total. The molecule has 162 valence electrons. The van der Waals surface area contributed by atoms with Crippen LogP contribution in [-0.4, -0.2) is 27.7 Å². The van der Waals surface area contributed by atoms with E-state index in [2.05, 4.69) is 55.3 Å². The SMILES string of the molecule is CC1(C)CC(C)(C)c2c1c1ccccc1c1nc(=O)c(B3OC(C)(C)C(C)(C)O3)cn21. The van der Waals surface area contributed by atoms with E-state index in [1.807, 2.05) is 40.0 Å². The van der Waals surface area contributed by atoms with Crippen LogP contribution < -0.4 is 11.0 Å². The first-order chi connectivity index (χ1) is 14.3. The molecule has 3 aromatic rings. The fourth-order valence-corrected chi connectivity index (χ4v) is 5.73. The third-order valence-corrected chi connectivity index (χ3v) is 7.57. The molecule has 0 saturated carbocycles. The van der Waals surface area contributed by atoms with Crippen LogP contribution in [0.25, 0.3) is 16.4 Å². The molecule has 0 atom stereocenters. The second-order valence-corrected chi connectivity index (χ2v) is 11.5. The minimum absolute atomic E-state index is 0.0142. The van der Waals surface area contributed by atoms with Gasteiger partial charge in [-0.25, -0.2) is 0 Å². The maximum Gasteiger partial charge on any atom is 0.502 e. The van der Waals surface area contributed by atoms with Crippen molar-refractivity contribution in [2.75, 3.05) is 0 Å². The molecule has 0 spiro atoms. The summed E-state index contributed by atoms with van der Waals surface area (Å²) in [4.78, 5) is 17.8. The minimum Gasteiger partial charge on any atom is -0.399 e. The van der Waals surface area contributed by atoms with Crippen LogP contribution in [0.5, 0.6) is 0 Å². The van der Waals surface area contributed by atoms with Gasteiger partial charge in [-0.05, 0) is 50.5 Å². The van der Waals surface area contributed by atoms with Crippen molar-refractivity contribution in [2.45, 2.75) is 83.8 Å². The van der Waals surface area contributed by atoms with E-state index in [1.54, 1.807) is 0 Å². The van der Waals surface area contributed by atoms with E-state index in [0.717, 1.165) is 11.8 Å². The number of hydrogen-bond acceptors (Lipinski definition) is 4. The van der Waals surface area contributed by atoms with Gasteiger partial charge in [-0.15, -0.1) is 0 Å². The maximum atomic E-state index is 13.2. The van der Waals surface area contributed by atoms with Gasteiger partial charge >= 0.3 is 7.12 Å². The summed E-state index contributed by atoms with van der Waals surface area (Å²) in [7, 11) is -0.735. The van der Waals surface area contributed by atoms with Crippen LogP contribution in [0.2, 0.25) is 0 Å². The Balaban J connectivity index is 1.87. The molecule has 5 rings (SSSR count). The Morgan fingerprint density at radius 2 is 1.48 bits per heavy atom. The Hall–Kier alpha value is -2.18. The first kappa shape index (κ1) is 20.7. The van der Waals surface area contributed by atoms with Gasteiger partial charge in [-0.2, -0.15) is 4.98 Å². The Bertz CT molecular complexity index is 1290. The average Bonchev–Trinajstić information content (AvgIpc) is 2.98. The van der Waals surface area contributed by atoms with Crippen LogP contribution in [0, 0.1) is 0 Å². The molecule has 2 aromatic heterocycles. The normalized spacial score (nSPS) is 22.9. The highest BCUT2D eigenvalue weighted by molar-refractivity contribution is 6.61.